The molecule has 0 aromatic carbocycles. The normalized spacial score (nSPS) is 13.4. The van der Waals surface area contributed by atoms with Crippen LogP contribution in [-0.4, -0.2) is 78.5 Å². The molecule has 0 radical (unpaired) electrons. The van der Waals surface area contributed by atoms with Crippen molar-refractivity contribution in [2.24, 2.45) is 0 Å². The van der Waals surface area contributed by atoms with E-state index in [1.807, 2.05) is 0 Å². The fraction of sp³-hybridized carbons (Fsp3) is 0.929. The first-order valence-corrected chi connectivity index (χ1v) is 8.98. The first kappa shape index (κ1) is 56.7. The summed E-state index contributed by atoms with van der Waals surface area (Å²) < 4.78 is 302. The summed E-state index contributed by atoms with van der Waals surface area (Å²) in [6.45, 7) is 0.562. The number of rotatable bonds is 3. The molecule has 0 amide bonds. The number of aliphatic hydroxyl groups is 1. The largest absolute Gasteiger partial charge is 0.527 e. The van der Waals surface area contributed by atoms with Crippen LogP contribution in [0.2, 0.25) is 0 Å². The molecule has 6 nitrogen and oxygen atoms in total. The first-order chi connectivity index (χ1) is 19.4. The Kier molecular flexibility index (Phi) is 23.4. The van der Waals surface area contributed by atoms with E-state index in [0.717, 1.165) is 0 Å². The highest BCUT2D eigenvalue weighted by Crippen LogP contribution is 2.46. The number of ether oxygens (including phenoxy) is 3. The Morgan fingerprint density at radius 2 is 0.532 bits per heavy atom. The SMILES string of the molecule is CC(F)(F)F.CC(F)(F)F.CC(F)(F)F.FC(F)(F)OC(OC(F)(F)F)(OC(F)(F)F)C(F)(F)F.O=C(O)F.OC(F)(F)C(F)(F)F. The lowest BCUT2D eigenvalue weighted by molar-refractivity contribution is -0.623. The van der Waals surface area contributed by atoms with Crippen molar-refractivity contribution in [3.05, 3.63) is 0 Å². The van der Waals surface area contributed by atoms with E-state index in [-0.39, 0.29) is 20.8 Å². The molecule has 33 heteroatoms. The average Bonchev–Trinajstić information content (AvgIpc) is 2.48. The van der Waals surface area contributed by atoms with Gasteiger partial charge in [0.25, 0.3) is 0 Å². The molecule has 0 aliphatic rings. The van der Waals surface area contributed by atoms with E-state index in [4.69, 9.17) is 15.0 Å². The number of hydrogen-bond donors (Lipinski definition) is 2. The molecule has 0 aliphatic carbocycles. The van der Waals surface area contributed by atoms with E-state index in [2.05, 4.69) is 0 Å². The first-order valence-electron chi connectivity index (χ1n) is 8.98. The molecule has 0 aromatic rings. The standard InChI is InChI=1S/C5F12O3.C2HF5O.3C2H3F3.CHFO2/c6-1(7,8)2(18-3(9,10)11,19-4(12,13)14)20-5(15,16)17;3-1(4,5)2(6,7)8;3*1-2(3,4)5;2-1(3)4/h;8H;3*1H3;(H,3,4). The molecule has 0 aromatic heterocycles. The molecule has 0 aliphatic heterocycles. The number of carbonyl (C=O) groups is 1. The fourth-order valence-corrected chi connectivity index (χ4v) is 0.693. The van der Waals surface area contributed by atoms with Gasteiger partial charge in [0.2, 0.25) is 0 Å². The van der Waals surface area contributed by atoms with Crippen molar-refractivity contribution in [2.75, 3.05) is 0 Å². The third-order valence-electron chi connectivity index (χ3n) is 1.44. The lowest BCUT2D eigenvalue weighted by Crippen LogP contribution is -2.59. The molecular weight excluding hydrogens is 777 g/mol. The summed E-state index contributed by atoms with van der Waals surface area (Å²) in [4.78, 5) is 8.33. The predicted octanol–water partition coefficient (Wildman–Crippen LogP) is 10.3. The van der Waals surface area contributed by atoms with Crippen LogP contribution < -0.4 is 0 Å². The second-order valence-corrected chi connectivity index (χ2v) is 6.33. The van der Waals surface area contributed by atoms with Gasteiger partial charge in [0, 0.05) is 20.8 Å². The van der Waals surface area contributed by atoms with E-state index in [1.165, 1.54) is 0 Å². The molecular formula is C14H11F27O6. The highest BCUT2D eigenvalue weighted by molar-refractivity contribution is 5.54. The molecule has 0 rings (SSSR count). The van der Waals surface area contributed by atoms with Crippen LogP contribution in [0, 0.1) is 0 Å². The summed E-state index contributed by atoms with van der Waals surface area (Å²) in [5.74, 6) is -6.48. The average molecular weight is 788 g/mol. The van der Waals surface area contributed by atoms with Gasteiger partial charge in [-0.1, -0.05) is 0 Å². The van der Waals surface area contributed by atoms with Crippen LogP contribution in [0.1, 0.15) is 20.8 Å². The Balaban J connectivity index is -0.000000127. The van der Waals surface area contributed by atoms with E-state index < -0.39 is 68.3 Å². The molecule has 0 atom stereocenters. The Morgan fingerprint density at radius 1 is 0.426 bits per heavy atom. The summed E-state index contributed by atoms with van der Waals surface area (Å²) in [5, 5.41) is 13.6. The van der Waals surface area contributed by atoms with Gasteiger partial charge in [-0.25, -0.2) is 19.0 Å². The molecule has 292 valence electrons. The van der Waals surface area contributed by atoms with Gasteiger partial charge in [-0.05, 0) is 0 Å². The molecule has 2 N–H and O–H groups in total. The van der Waals surface area contributed by atoms with Gasteiger partial charge in [0.15, 0.2) is 0 Å². The van der Waals surface area contributed by atoms with E-state index in [9.17, 15) is 119 Å². The lowest BCUT2D eigenvalue weighted by atomic mass is 10.5. The quantitative estimate of drug-likeness (QED) is 0.168. The van der Waals surface area contributed by atoms with E-state index in [1.54, 1.807) is 14.2 Å². The summed E-state index contributed by atoms with van der Waals surface area (Å²) in [7, 11) is 0. The summed E-state index contributed by atoms with van der Waals surface area (Å²) in [5.41, 5.74) is 0. The predicted molar refractivity (Wildman–Crippen MR) is 87.7 cm³/mol. The number of carboxylic acid groups (broad SMARTS) is 1. The van der Waals surface area contributed by atoms with Gasteiger partial charge in [-0.3, -0.25) is 0 Å². The van der Waals surface area contributed by atoms with Crippen molar-refractivity contribution < 1.29 is 148 Å². The second kappa shape index (κ2) is 19.4. The molecule has 0 spiro atoms. The number of halogens is 27. The van der Waals surface area contributed by atoms with Crippen molar-refractivity contribution in [3.63, 3.8) is 0 Å². The minimum absolute atomic E-state index is 0.188. The summed E-state index contributed by atoms with van der Waals surface area (Å²) >= 11 is 0. The van der Waals surface area contributed by atoms with Crippen molar-refractivity contribution in [1.82, 2.24) is 0 Å². The Hall–Kier alpha value is -2.58. The van der Waals surface area contributed by atoms with E-state index >= 15 is 0 Å². The van der Waals surface area contributed by atoms with Crippen molar-refractivity contribution >= 4 is 6.22 Å². The molecule has 0 saturated carbocycles. The van der Waals surface area contributed by atoms with Crippen LogP contribution in [0.5, 0.6) is 0 Å². The maximum Gasteiger partial charge on any atom is 0.527 e. The highest BCUT2D eigenvalue weighted by Gasteiger charge is 2.72. The fourth-order valence-electron chi connectivity index (χ4n) is 0.693. The van der Waals surface area contributed by atoms with Crippen LogP contribution in [0.4, 0.5) is 123 Å². The number of alkyl halides is 26. The van der Waals surface area contributed by atoms with Crippen LogP contribution in [0.3, 0.4) is 0 Å². The molecule has 0 unspecified atom stereocenters. The van der Waals surface area contributed by atoms with E-state index in [0.29, 0.717) is 0 Å². The Labute approximate surface area is 238 Å². The lowest BCUT2D eigenvalue weighted by Gasteiger charge is -2.34. The monoisotopic (exact) mass is 788 g/mol. The maximum absolute atomic E-state index is 12.1. The number of hydrogen-bond acceptors (Lipinski definition) is 5. The summed E-state index contributed by atoms with van der Waals surface area (Å²) in [6.07, 6.45) is -52.5. The molecule has 0 bridgehead atoms. The zero-order chi connectivity index (χ0) is 40.7. The highest BCUT2D eigenvalue weighted by atomic mass is 19.5. The van der Waals surface area contributed by atoms with Crippen molar-refractivity contribution in [2.45, 2.75) is 82.8 Å². The maximum atomic E-state index is 12.1. The van der Waals surface area contributed by atoms with Crippen LogP contribution >= 0.6 is 0 Å². The Bertz CT molecular complexity index is 712. The summed E-state index contributed by atoms with van der Waals surface area (Å²) in [6, 6.07) is 0. The second-order valence-electron chi connectivity index (χ2n) is 6.33. The van der Waals surface area contributed by atoms with Crippen LogP contribution in [-0.2, 0) is 14.2 Å². The topological polar surface area (TPSA) is 85.2 Å². The molecule has 0 fully saturated rings. The van der Waals surface area contributed by atoms with Crippen molar-refractivity contribution in [1.29, 1.82) is 0 Å². The minimum atomic E-state index is -6.99. The van der Waals surface area contributed by atoms with Gasteiger partial charge in [-0.15, -0.1) is 43.9 Å². The Morgan fingerprint density at radius 3 is 0.574 bits per heavy atom. The molecule has 0 saturated heterocycles. The van der Waals surface area contributed by atoms with Crippen molar-refractivity contribution in [3.8, 4) is 0 Å². The van der Waals surface area contributed by atoms with Gasteiger partial charge < -0.3 is 10.2 Å². The zero-order valence-corrected chi connectivity index (χ0v) is 21.2. The van der Waals surface area contributed by atoms with Gasteiger partial charge in [-0.2, -0.15) is 74.6 Å². The molecule has 0 heterocycles. The third kappa shape index (κ3) is 66.7. The third-order valence-corrected chi connectivity index (χ3v) is 1.44. The minimum Gasteiger partial charge on any atom is -0.456 e. The van der Waals surface area contributed by atoms with Gasteiger partial charge in [0.1, 0.15) is 0 Å². The molecule has 47 heavy (non-hydrogen) atoms. The van der Waals surface area contributed by atoms with Gasteiger partial charge >= 0.3 is 68.3 Å². The smallest absolute Gasteiger partial charge is 0.456 e. The van der Waals surface area contributed by atoms with Gasteiger partial charge in [0.05, 0.1) is 0 Å². The zero-order valence-electron chi connectivity index (χ0n) is 21.2. The van der Waals surface area contributed by atoms with Crippen LogP contribution in [0.15, 0.2) is 0 Å². The van der Waals surface area contributed by atoms with Crippen LogP contribution in [0.25, 0.3) is 0 Å².